The van der Waals surface area contributed by atoms with E-state index in [-0.39, 0.29) is 0 Å². The Labute approximate surface area is 142 Å². The normalized spacial score (nSPS) is 21.2. The van der Waals surface area contributed by atoms with Crippen molar-refractivity contribution in [2.45, 2.75) is 31.3 Å². The van der Waals surface area contributed by atoms with Gasteiger partial charge < -0.3 is 10.6 Å². The summed E-state index contributed by atoms with van der Waals surface area (Å²) < 4.78 is 1.14. The summed E-state index contributed by atoms with van der Waals surface area (Å²) in [6.07, 6.45) is 8.36. The van der Waals surface area contributed by atoms with Crippen LogP contribution in [0, 0.1) is 3.57 Å². The van der Waals surface area contributed by atoms with Gasteiger partial charge in [-0.2, -0.15) is 0 Å². The Morgan fingerprint density at radius 1 is 0.952 bits per heavy atom. The molecule has 5 nitrogen and oxygen atoms in total. The third-order valence-corrected chi connectivity index (χ3v) is 4.32. The van der Waals surface area contributed by atoms with Gasteiger partial charge in [0, 0.05) is 21.9 Å². The molecule has 3 rings (SSSR count). The second-order valence-corrected chi connectivity index (χ2v) is 6.71. The first-order valence-corrected chi connectivity index (χ1v) is 8.27. The van der Waals surface area contributed by atoms with Crippen LogP contribution in [0.25, 0.3) is 0 Å². The first kappa shape index (κ1) is 14.8. The molecule has 1 saturated carbocycles. The zero-order chi connectivity index (χ0) is 14.7. The van der Waals surface area contributed by atoms with E-state index in [0.29, 0.717) is 17.2 Å². The van der Waals surface area contributed by atoms with Crippen LogP contribution in [-0.4, -0.2) is 27.0 Å². The molecule has 2 unspecified atom stereocenters. The van der Waals surface area contributed by atoms with E-state index < -0.39 is 0 Å². The van der Waals surface area contributed by atoms with Crippen LogP contribution in [0.2, 0.25) is 5.15 Å². The predicted molar refractivity (Wildman–Crippen MR) is 92.7 cm³/mol. The van der Waals surface area contributed by atoms with Crippen molar-refractivity contribution < 1.29 is 0 Å². The Morgan fingerprint density at radius 3 is 2.29 bits per heavy atom. The van der Waals surface area contributed by atoms with Crippen LogP contribution in [0.15, 0.2) is 30.7 Å². The molecule has 0 aromatic carbocycles. The zero-order valence-corrected chi connectivity index (χ0v) is 14.2. The monoisotopic (exact) mass is 415 g/mol. The highest BCUT2D eigenvalue weighted by Crippen LogP contribution is 2.25. The summed E-state index contributed by atoms with van der Waals surface area (Å²) in [5.74, 6) is 1.71. The molecule has 2 aromatic rings. The van der Waals surface area contributed by atoms with Gasteiger partial charge in [0.15, 0.2) is 0 Å². The molecule has 0 bridgehead atoms. The summed E-state index contributed by atoms with van der Waals surface area (Å²) >= 11 is 7.99. The third-order valence-electron chi connectivity index (χ3n) is 3.48. The van der Waals surface area contributed by atoms with Gasteiger partial charge in [-0.05, 0) is 54.0 Å². The Kier molecular flexibility index (Phi) is 4.74. The number of hydrogen-bond acceptors (Lipinski definition) is 5. The lowest BCUT2D eigenvalue weighted by molar-refractivity contribution is 0.719. The maximum Gasteiger partial charge on any atom is 0.147 e. The molecule has 2 aromatic heterocycles. The number of anilines is 2. The van der Waals surface area contributed by atoms with Crippen molar-refractivity contribution in [3.63, 3.8) is 0 Å². The molecule has 1 fully saturated rings. The van der Waals surface area contributed by atoms with Crippen molar-refractivity contribution in [2.24, 2.45) is 0 Å². The summed E-state index contributed by atoms with van der Waals surface area (Å²) in [6, 6.07) is 4.93. The maximum absolute atomic E-state index is 5.73. The van der Waals surface area contributed by atoms with Crippen molar-refractivity contribution in [3.05, 3.63) is 39.4 Å². The number of aromatic nitrogens is 3. The SMILES string of the molecule is Clc1cnc(NC2CCC(Nc3ccc(I)cn3)C2)cn1. The van der Waals surface area contributed by atoms with E-state index in [9.17, 15) is 0 Å². The van der Waals surface area contributed by atoms with Crippen LogP contribution in [0.3, 0.4) is 0 Å². The molecular weight excluding hydrogens is 401 g/mol. The molecule has 7 heteroatoms. The van der Waals surface area contributed by atoms with Crippen molar-refractivity contribution in [3.8, 4) is 0 Å². The summed E-state index contributed by atoms with van der Waals surface area (Å²) in [6.45, 7) is 0. The summed E-state index contributed by atoms with van der Waals surface area (Å²) in [5.41, 5.74) is 0. The smallest absolute Gasteiger partial charge is 0.147 e. The van der Waals surface area contributed by atoms with Crippen LogP contribution >= 0.6 is 34.2 Å². The molecule has 110 valence electrons. The van der Waals surface area contributed by atoms with Gasteiger partial charge in [0.05, 0.1) is 12.4 Å². The van der Waals surface area contributed by atoms with Crippen molar-refractivity contribution in [2.75, 3.05) is 10.6 Å². The highest BCUT2D eigenvalue weighted by atomic mass is 127. The lowest BCUT2D eigenvalue weighted by Gasteiger charge is -2.15. The second kappa shape index (κ2) is 6.74. The standard InChI is InChI=1S/C14H15ClIN5/c15-12-7-19-14(8-17-12)21-11-3-2-10(5-11)20-13-4-1-9(16)6-18-13/h1,4,6-8,10-11H,2-3,5H2,(H,18,20)(H,19,21). The topological polar surface area (TPSA) is 62.7 Å². The van der Waals surface area contributed by atoms with E-state index in [1.807, 2.05) is 12.3 Å². The molecule has 0 saturated heterocycles. The highest BCUT2D eigenvalue weighted by molar-refractivity contribution is 14.1. The van der Waals surface area contributed by atoms with Gasteiger partial charge in [0.25, 0.3) is 0 Å². The number of rotatable bonds is 4. The van der Waals surface area contributed by atoms with Gasteiger partial charge in [-0.1, -0.05) is 11.6 Å². The fourth-order valence-electron chi connectivity index (χ4n) is 2.51. The molecule has 21 heavy (non-hydrogen) atoms. The van der Waals surface area contributed by atoms with Crippen molar-refractivity contribution in [1.29, 1.82) is 0 Å². The Balaban J connectivity index is 1.53. The number of nitrogens with zero attached hydrogens (tertiary/aromatic N) is 3. The summed E-state index contributed by atoms with van der Waals surface area (Å²) in [4.78, 5) is 12.6. The molecule has 1 aliphatic rings. The van der Waals surface area contributed by atoms with Crippen LogP contribution in [0.1, 0.15) is 19.3 Å². The van der Waals surface area contributed by atoms with Crippen LogP contribution in [0.5, 0.6) is 0 Å². The quantitative estimate of drug-likeness (QED) is 0.748. The maximum atomic E-state index is 5.73. The number of halogens is 2. The summed E-state index contributed by atoms with van der Waals surface area (Å²) in [7, 11) is 0. The molecule has 1 aliphatic carbocycles. The van der Waals surface area contributed by atoms with Gasteiger partial charge in [-0.3, -0.25) is 0 Å². The molecule has 2 N–H and O–H groups in total. The molecule has 0 radical (unpaired) electrons. The van der Waals surface area contributed by atoms with Crippen molar-refractivity contribution >= 4 is 45.8 Å². The average Bonchev–Trinajstić information content (AvgIpc) is 2.91. The minimum absolute atomic E-state index is 0.404. The lowest BCUT2D eigenvalue weighted by Crippen LogP contribution is -2.21. The van der Waals surface area contributed by atoms with E-state index in [1.54, 1.807) is 12.4 Å². The van der Waals surface area contributed by atoms with Crippen LogP contribution in [0.4, 0.5) is 11.6 Å². The number of hydrogen-bond donors (Lipinski definition) is 2. The Hall–Kier alpha value is -1.15. The first-order chi connectivity index (χ1) is 10.2. The lowest BCUT2D eigenvalue weighted by atomic mass is 10.2. The van der Waals surface area contributed by atoms with E-state index in [2.05, 4.69) is 54.2 Å². The molecule has 2 atom stereocenters. The average molecular weight is 416 g/mol. The van der Waals surface area contributed by atoms with Crippen LogP contribution in [-0.2, 0) is 0 Å². The Bertz CT molecular complexity index is 536. The molecule has 0 spiro atoms. The minimum Gasteiger partial charge on any atom is -0.367 e. The minimum atomic E-state index is 0.404. The van der Waals surface area contributed by atoms with Crippen LogP contribution < -0.4 is 10.6 Å². The van der Waals surface area contributed by atoms with Gasteiger partial charge in [-0.25, -0.2) is 15.0 Å². The molecule has 2 heterocycles. The first-order valence-electron chi connectivity index (χ1n) is 6.81. The van der Waals surface area contributed by atoms with E-state index >= 15 is 0 Å². The van der Waals surface area contributed by atoms with Gasteiger partial charge in [-0.15, -0.1) is 0 Å². The van der Waals surface area contributed by atoms with E-state index in [1.165, 1.54) is 0 Å². The summed E-state index contributed by atoms with van der Waals surface area (Å²) in [5, 5.41) is 7.29. The van der Waals surface area contributed by atoms with E-state index in [4.69, 9.17) is 11.6 Å². The number of nitrogens with one attached hydrogen (secondary N) is 2. The van der Waals surface area contributed by atoms with Crippen molar-refractivity contribution in [1.82, 2.24) is 15.0 Å². The largest absolute Gasteiger partial charge is 0.367 e. The van der Waals surface area contributed by atoms with Gasteiger partial charge in [0.1, 0.15) is 16.8 Å². The third kappa shape index (κ3) is 4.16. The fourth-order valence-corrected chi connectivity index (χ4v) is 2.93. The predicted octanol–water partition coefficient (Wildman–Crippen LogP) is 3.57. The number of pyridine rings is 1. The molecule has 0 amide bonds. The molecule has 0 aliphatic heterocycles. The molecular formula is C14H15ClIN5. The zero-order valence-electron chi connectivity index (χ0n) is 11.3. The fraction of sp³-hybridized carbons (Fsp3) is 0.357. The van der Waals surface area contributed by atoms with Gasteiger partial charge >= 0.3 is 0 Å². The second-order valence-electron chi connectivity index (χ2n) is 5.08. The Morgan fingerprint density at radius 2 is 1.67 bits per heavy atom. The highest BCUT2D eigenvalue weighted by Gasteiger charge is 2.25. The van der Waals surface area contributed by atoms with Gasteiger partial charge in [0.2, 0.25) is 0 Å². The van der Waals surface area contributed by atoms with E-state index in [0.717, 1.165) is 34.5 Å².